The van der Waals surface area contributed by atoms with Crippen LogP contribution in [0.1, 0.15) is 42.6 Å². The van der Waals surface area contributed by atoms with E-state index in [0.29, 0.717) is 18.1 Å². The molecule has 0 aliphatic carbocycles. The molecule has 23 heavy (non-hydrogen) atoms. The molecular weight excluding hydrogens is 314 g/mol. The lowest BCUT2D eigenvalue weighted by molar-refractivity contribution is 0.0942. The number of nitrogens with one attached hydrogen (secondary N) is 1. The molecule has 2 rings (SSSR count). The summed E-state index contributed by atoms with van der Waals surface area (Å²) in [6.45, 7) is 3.24. The number of hydrogen-bond acceptors (Lipinski definition) is 4. The molecule has 2 aromatic rings. The molecule has 1 aromatic heterocycles. The summed E-state index contributed by atoms with van der Waals surface area (Å²) in [5.41, 5.74) is 6.17. The predicted molar refractivity (Wildman–Crippen MR) is 91.0 cm³/mol. The van der Waals surface area contributed by atoms with Crippen LogP contribution in [0.25, 0.3) is 5.69 Å². The summed E-state index contributed by atoms with van der Waals surface area (Å²) in [6.07, 6.45) is 3.34. The monoisotopic (exact) mass is 335 g/mol. The van der Waals surface area contributed by atoms with E-state index in [-0.39, 0.29) is 11.7 Å². The molecule has 0 saturated heterocycles. The number of nitrogens with two attached hydrogens (primary N) is 1. The van der Waals surface area contributed by atoms with E-state index in [2.05, 4.69) is 22.3 Å². The van der Waals surface area contributed by atoms with E-state index in [1.807, 2.05) is 18.2 Å². The highest BCUT2D eigenvalue weighted by Gasteiger charge is 2.17. The number of halogens is 1. The van der Waals surface area contributed by atoms with Gasteiger partial charge in [-0.25, -0.2) is 9.67 Å². The Bertz CT molecular complexity index is 656. The van der Waals surface area contributed by atoms with E-state index in [9.17, 15) is 4.79 Å². The third-order valence-electron chi connectivity index (χ3n) is 3.35. The molecule has 1 amide bonds. The maximum absolute atomic E-state index is 12.2. The van der Waals surface area contributed by atoms with Crippen LogP contribution in [0.5, 0.6) is 0 Å². The fourth-order valence-electron chi connectivity index (χ4n) is 2.19. The number of aryl methyl sites for hydroxylation is 1. The first-order valence-corrected chi connectivity index (χ1v) is 8.24. The van der Waals surface area contributed by atoms with Gasteiger partial charge in [0.1, 0.15) is 5.82 Å². The Kier molecular flexibility index (Phi) is 6.55. The molecule has 6 nitrogen and oxygen atoms in total. The second-order valence-corrected chi connectivity index (χ2v) is 5.62. The molecule has 0 radical (unpaired) electrons. The van der Waals surface area contributed by atoms with E-state index in [4.69, 9.17) is 17.3 Å². The van der Waals surface area contributed by atoms with Crippen molar-refractivity contribution in [3.63, 3.8) is 0 Å². The van der Waals surface area contributed by atoms with Crippen molar-refractivity contribution >= 4 is 17.5 Å². The van der Waals surface area contributed by atoms with Crippen LogP contribution in [-0.4, -0.2) is 33.8 Å². The van der Waals surface area contributed by atoms with Crippen LogP contribution in [0, 0.1) is 0 Å². The molecule has 0 aliphatic heterocycles. The summed E-state index contributed by atoms with van der Waals surface area (Å²) in [5.74, 6) is 0.624. The lowest BCUT2D eigenvalue weighted by Gasteiger charge is -2.06. The average molecular weight is 336 g/mol. The lowest BCUT2D eigenvalue weighted by atomic mass is 10.3. The molecule has 0 bridgehead atoms. The second-order valence-electron chi connectivity index (χ2n) is 5.22. The molecule has 1 heterocycles. The van der Waals surface area contributed by atoms with Crippen LogP contribution < -0.4 is 11.1 Å². The molecule has 3 N–H and O–H groups in total. The molecule has 0 saturated carbocycles. The van der Waals surface area contributed by atoms with E-state index >= 15 is 0 Å². The van der Waals surface area contributed by atoms with Gasteiger partial charge >= 0.3 is 0 Å². The van der Waals surface area contributed by atoms with Gasteiger partial charge in [0.2, 0.25) is 5.82 Å². The number of carbonyl (C=O) groups is 1. The number of aromatic nitrogens is 3. The smallest absolute Gasteiger partial charge is 0.290 e. The second kappa shape index (κ2) is 8.64. The highest BCUT2D eigenvalue weighted by molar-refractivity contribution is 6.32. The fourth-order valence-corrected chi connectivity index (χ4v) is 2.41. The Hall–Kier alpha value is -1.92. The van der Waals surface area contributed by atoms with Crippen LogP contribution in [0.3, 0.4) is 0 Å². The molecule has 0 aliphatic rings. The third kappa shape index (κ3) is 4.53. The van der Waals surface area contributed by atoms with Crippen molar-refractivity contribution < 1.29 is 4.79 Å². The van der Waals surface area contributed by atoms with Crippen LogP contribution in [-0.2, 0) is 6.42 Å². The van der Waals surface area contributed by atoms with Gasteiger partial charge in [0.15, 0.2) is 0 Å². The molecule has 0 spiro atoms. The van der Waals surface area contributed by atoms with Gasteiger partial charge in [0.25, 0.3) is 5.91 Å². The Morgan fingerprint density at radius 1 is 1.35 bits per heavy atom. The summed E-state index contributed by atoms with van der Waals surface area (Å²) in [5, 5.41) is 7.73. The van der Waals surface area contributed by atoms with Crippen LogP contribution in [0.15, 0.2) is 24.3 Å². The SMILES string of the molecule is CCCc1nc(C(=O)NCCCCN)nn1-c1ccccc1Cl. The van der Waals surface area contributed by atoms with Crippen molar-refractivity contribution in [2.45, 2.75) is 32.6 Å². The molecular formula is C16H22ClN5O. The first kappa shape index (κ1) is 17.4. The van der Waals surface area contributed by atoms with Crippen LogP contribution in [0.4, 0.5) is 0 Å². The van der Waals surface area contributed by atoms with Gasteiger partial charge < -0.3 is 11.1 Å². The highest BCUT2D eigenvalue weighted by atomic mass is 35.5. The van der Waals surface area contributed by atoms with Gasteiger partial charge in [-0.2, -0.15) is 0 Å². The number of unbranched alkanes of at least 4 members (excludes halogenated alkanes) is 1. The maximum atomic E-state index is 12.2. The standard InChI is InChI=1S/C16H22ClN5O/c1-2-7-14-20-15(16(23)19-11-6-5-10-18)21-22(14)13-9-4-3-8-12(13)17/h3-4,8-9H,2,5-7,10-11,18H2,1H3,(H,19,23). The summed E-state index contributed by atoms with van der Waals surface area (Å²) in [6, 6.07) is 7.39. The van der Waals surface area contributed by atoms with Gasteiger partial charge in [-0.1, -0.05) is 30.7 Å². The zero-order valence-corrected chi connectivity index (χ0v) is 14.0. The first-order valence-electron chi connectivity index (χ1n) is 7.86. The number of nitrogens with zero attached hydrogens (tertiary/aromatic N) is 3. The van der Waals surface area contributed by atoms with Crippen molar-refractivity contribution in [1.29, 1.82) is 0 Å². The Balaban J connectivity index is 2.21. The quantitative estimate of drug-likeness (QED) is 0.725. The van der Waals surface area contributed by atoms with E-state index in [1.165, 1.54) is 0 Å². The Morgan fingerprint density at radius 2 is 2.13 bits per heavy atom. The van der Waals surface area contributed by atoms with Crippen molar-refractivity contribution in [3.05, 3.63) is 40.9 Å². The van der Waals surface area contributed by atoms with Gasteiger partial charge in [-0.3, -0.25) is 4.79 Å². The minimum absolute atomic E-state index is 0.168. The normalized spacial score (nSPS) is 10.7. The van der Waals surface area contributed by atoms with Gasteiger partial charge in [0.05, 0.1) is 10.7 Å². The van der Waals surface area contributed by atoms with Crippen LogP contribution in [0.2, 0.25) is 5.02 Å². The molecule has 1 aromatic carbocycles. The zero-order valence-electron chi connectivity index (χ0n) is 13.3. The lowest BCUT2D eigenvalue weighted by Crippen LogP contribution is -2.26. The third-order valence-corrected chi connectivity index (χ3v) is 3.67. The fraction of sp³-hybridized carbons (Fsp3) is 0.438. The highest BCUT2D eigenvalue weighted by Crippen LogP contribution is 2.21. The van der Waals surface area contributed by atoms with Crippen molar-refractivity contribution in [2.75, 3.05) is 13.1 Å². The summed E-state index contributed by atoms with van der Waals surface area (Å²) >= 11 is 6.24. The van der Waals surface area contributed by atoms with Gasteiger partial charge in [-0.05, 0) is 37.9 Å². The number of hydrogen-bond donors (Lipinski definition) is 2. The molecule has 0 unspecified atom stereocenters. The zero-order chi connectivity index (χ0) is 16.7. The first-order chi connectivity index (χ1) is 11.2. The Labute approximate surface area is 141 Å². The average Bonchev–Trinajstić information content (AvgIpc) is 2.96. The number of carbonyl (C=O) groups excluding carboxylic acids is 1. The number of para-hydroxylation sites is 1. The van der Waals surface area contributed by atoms with Crippen molar-refractivity contribution in [1.82, 2.24) is 20.1 Å². The Morgan fingerprint density at radius 3 is 2.83 bits per heavy atom. The molecule has 7 heteroatoms. The van der Waals surface area contributed by atoms with Crippen molar-refractivity contribution in [2.24, 2.45) is 5.73 Å². The molecule has 0 fully saturated rings. The predicted octanol–water partition coefficient (Wildman–Crippen LogP) is 2.34. The van der Waals surface area contributed by atoms with Gasteiger partial charge in [-0.15, -0.1) is 5.10 Å². The van der Waals surface area contributed by atoms with E-state index in [1.54, 1.807) is 10.7 Å². The minimum atomic E-state index is -0.273. The van der Waals surface area contributed by atoms with E-state index < -0.39 is 0 Å². The molecule has 0 atom stereocenters. The largest absolute Gasteiger partial charge is 0.349 e. The number of rotatable bonds is 8. The molecule has 124 valence electrons. The van der Waals surface area contributed by atoms with Crippen LogP contribution >= 0.6 is 11.6 Å². The summed E-state index contributed by atoms with van der Waals surface area (Å²) in [4.78, 5) is 16.6. The maximum Gasteiger partial charge on any atom is 0.290 e. The summed E-state index contributed by atoms with van der Waals surface area (Å²) in [7, 11) is 0. The summed E-state index contributed by atoms with van der Waals surface area (Å²) < 4.78 is 1.65. The minimum Gasteiger partial charge on any atom is -0.349 e. The van der Waals surface area contributed by atoms with Crippen molar-refractivity contribution in [3.8, 4) is 5.69 Å². The van der Waals surface area contributed by atoms with Gasteiger partial charge in [0, 0.05) is 13.0 Å². The number of amides is 1. The van der Waals surface area contributed by atoms with E-state index in [0.717, 1.165) is 37.2 Å². The topological polar surface area (TPSA) is 85.8 Å². The number of benzene rings is 1.